The zero-order valence-corrected chi connectivity index (χ0v) is 34.4. The summed E-state index contributed by atoms with van der Waals surface area (Å²) in [5, 5.41) is 13.0. The number of aliphatic hydroxyl groups is 1. The van der Waals surface area contributed by atoms with Crippen LogP contribution >= 0.6 is 15.9 Å². The molecule has 9 atom stereocenters. The van der Waals surface area contributed by atoms with Crippen molar-refractivity contribution in [2.24, 2.45) is 11.8 Å². The van der Waals surface area contributed by atoms with E-state index in [0.29, 0.717) is 17.7 Å². The Hall–Kier alpha value is -5.10. The number of alkyl halides is 1. The van der Waals surface area contributed by atoms with Crippen LogP contribution in [-0.4, -0.2) is 93.5 Å². The highest BCUT2D eigenvalue weighted by Gasteiger charge is 2.77. The summed E-state index contributed by atoms with van der Waals surface area (Å²) >= 11 is 3.79. The second kappa shape index (κ2) is 17.4. The zero-order valence-electron chi connectivity index (χ0n) is 32.9. The molecule has 1 unspecified atom stereocenters. The van der Waals surface area contributed by atoms with Gasteiger partial charge >= 0.3 is 5.97 Å². The number of hydrogen-bond donors (Lipinski definition) is 1. The molecule has 0 radical (unpaired) electrons. The number of benzene rings is 4. The predicted octanol–water partition coefficient (Wildman–Crippen LogP) is 6.81. The van der Waals surface area contributed by atoms with Crippen molar-refractivity contribution in [1.82, 2.24) is 9.80 Å². The third-order valence-electron chi connectivity index (χ3n) is 12.1. The topological polar surface area (TPSA) is 117 Å². The minimum atomic E-state index is -1.43. The third-order valence-corrected chi connectivity index (χ3v) is 13.0. The summed E-state index contributed by atoms with van der Waals surface area (Å²) < 4.78 is 13.3. The Bertz CT molecular complexity index is 2170. The van der Waals surface area contributed by atoms with Gasteiger partial charge in [0.25, 0.3) is 5.91 Å². The third kappa shape index (κ3) is 7.51. The fourth-order valence-corrected chi connectivity index (χ4v) is 10.2. The minimum absolute atomic E-state index is 0.126. The molecule has 3 aliphatic rings. The fourth-order valence-electron chi connectivity index (χ4n) is 9.21. The maximum absolute atomic E-state index is 15.4. The molecular formula is C47H50BrN3O7. The molecule has 0 aliphatic carbocycles. The largest absolute Gasteiger partial charge is 0.455 e. The Labute approximate surface area is 348 Å². The Morgan fingerprint density at radius 1 is 0.983 bits per heavy atom. The van der Waals surface area contributed by atoms with Crippen LogP contribution in [0.1, 0.15) is 43.4 Å². The number of ether oxygens (including phenoxy) is 2. The number of carbonyl (C=O) groups excluding carboxylic acids is 4. The van der Waals surface area contributed by atoms with Crippen LogP contribution in [0.15, 0.2) is 128 Å². The summed E-state index contributed by atoms with van der Waals surface area (Å²) in [5.74, 6) is -3.80. The monoisotopic (exact) mass is 847 g/mol. The summed E-state index contributed by atoms with van der Waals surface area (Å²) in [4.78, 5) is 63.0. The summed E-state index contributed by atoms with van der Waals surface area (Å²) in [6, 6.07) is 29.8. The van der Waals surface area contributed by atoms with Crippen molar-refractivity contribution < 1.29 is 33.8 Å². The summed E-state index contributed by atoms with van der Waals surface area (Å²) in [6.07, 6.45) is 2.97. The molecule has 3 fully saturated rings. The van der Waals surface area contributed by atoms with Crippen LogP contribution in [0, 0.1) is 11.8 Å². The Morgan fingerprint density at radius 2 is 1.66 bits per heavy atom. The number of likely N-dealkylation sites (N-methyl/N-ethyl adjacent to an activating group) is 1. The van der Waals surface area contributed by atoms with E-state index >= 15 is 9.59 Å². The van der Waals surface area contributed by atoms with Crippen molar-refractivity contribution in [1.29, 1.82) is 0 Å². The Morgan fingerprint density at radius 3 is 2.33 bits per heavy atom. The van der Waals surface area contributed by atoms with Gasteiger partial charge in [0.15, 0.2) is 0 Å². The molecular weight excluding hydrogens is 798 g/mol. The zero-order chi connectivity index (χ0) is 41.1. The number of hydrogen-bond acceptors (Lipinski definition) is 7. The van der Waals surface area contributed by atoms with E-state index in [9.17, 15) is 14.7 Å². The van der Waals surface area contributed by atoms with Crippen molar-refractivity contribution in [3.8, 4) is 0 Å². The molecule has 4 aromatic carbocycles. The van der Waals surface area contributed by atoms with Gasteiger partial charge in [-0.2, -0.15) is 0 Å². The van der Waals surface area contributed by atoms with Gasteiger partial charge in [-0.1, -0.05) is 119 Å². The molecule has 302 valence electrons. The van der Waals surface area contributed by atoms with Crippen LogP contribution in [0.4, 0.5) is 5.69 Å². The van der Waals surface area contributed by atoms with Crippen molar-refractivity contribution in [2.45, 2.75) is 73.4 Å². The molecule has 4 aromatic rings. The van der Waals surface area contributed by atoms with Gasteiger partial charge in [0, 0.05) is 30.5 Å². The highest BCUT2D eigenvalue weighted by molar-refractivity contribution is 9.09. The minimum Gasteiger partial charge on any atom is -0.455 e. The average Bonchev–Trinajstić information content (AvgIpc) is 3.85. The maximum atomic E-state index is 15.4. The van der Waals surface area contributed by atoms with E-state index in [1.165, 1.54) is 4.90 Å². The van der Waals surface area contributed by atoms with Crippen LogP contribution in [0.3, 0.4) is 0 Å². The number of amides is 3. The normalized spacial score (nSPS) is 24.8. The molecule has 3 heterocycles. The lowest BCUT2D eigenvalue weighted by atomic mass is 9.70. The number of likely N-dealkylation sites (tertiary alicyclic amines) is 1. The van der Waals surface area contributed by atoms with Gasteiger partial charge in [-0.05, 0) is 60.2 Å². The molecule has 7 rings (SSSR count). The lowest BCUT2D eigenvalue weighted by Crippen LogP contribution is -2.59. The van der Waals surface area contributed by atoms with E-state index in [1.54, 1.807) is 29.0 Å². The number of fused-ring (bicyclic) bond motifs is 2. The van der Waals surface area contributed by atoms with Gasteiger partial charge in [0.05, 0.1) is 36.6 Å². The lowest BCUT2D eigenvalue weighted by Gasteiger charge is -2.39. The van der Waals surface area contributed by atoms with Crippen LogP contribution in [0.25, 0.3) is 10.8 Å². The number of carbonyl (C=O) groups is 4. The predicted molar refractivity (Wildman–Crippen MR) is 227 cm³/mol. The first kappa shape index (κ1) is 41.1. The molecule has 2 bridgehead atoms. The number of anilines is 1. The van der Waals surface area contributed by atoms with Gasteiger partial charge in [0.1, 0.15) is 17.7 Å². The molecule has 58 heavy (non-hydrogen) atoms. The van der Waals surface area contributed by atoms with Gasteiger partial charge in [-0.15, -0.1) is 13.2 Å². The number of aliphatic hydroxyl groups excluding tert-OH is 1. The van der Waals surface area contributed by atoms with Crippen molar-refractivity contribution in [3.63, 3.8) is 0 Å². The molecule has 1 spiro atoms. The highest BCUT2D eigenvalue weighted by atomic mass is 79.9. The van der Waals surface area contributed by atoms with Gasteiger partial charge in [0.2, 0.25) is 11.8 Å². The molecule has 0 aromatic heterocycles. The Balaban J connectivity index is 1.29. The number of nitrogens with zero attached hydrogens (tertiary/aromatic N) is 3. The molecule has 11 heteroatoms. The van der Waals surface area contributed by atoms with E-state index in [2.05, 4.69) is 29.1 Å². The number of allylic oxidation sites excluding steroid dienone is 1. The van der Waals surface area contributed by atoms with E-state index in [-0.39, 0.29) is 31.7 Å². The molecule has 1 N–H and O–H groups in total. The number of halogens is 1. The number of esters is 1. The molecule has 0 saturated carbocycles. The van der Waals surface area contributed by atoms with Crippen molar-refractivity contribution in [3.05, 3.63) is 140 Å². The van der Waals surface area contributed by atoms with Crippen LogP contribution < -0.4 is 4.90 Å². The highest BCUT2D eigenvalue weighted by Crippen LogP contribution is 2.61. The fraction of sp³-hybridized carbons (Fsp3) is 0.362. The van der Waals surface area contributed by atoms with E-state index < -0.39 is 77.0 Å². The second-order valence-corrected chi connectivity index (χ2v) is 16.7. The van der Waals surface area contributed by atoms with Crippen LogP contribution in [0.5, 0.6) is 0 Å². The first-order chi connectivity index (χ1) is 28.0. The summed E-state index contributed by atoms with van der Waals surface area (Å²) in [5.41, 5.74) is 0.748. The Kier molecular flexibility index (Phi) is 12.3. The van der Waals surface area contributed by atoms with Crippen molar-refractivity contribution >= 4 is 56.1 Å². The lowest BCUT2D eigenvalue weighted by molar-refractivity contribution is -0.165. The SMILES string of the molecule is C=CCCC(=O)N(C)[C@@H](C)[C@@H](OC(=O)[C@@H]1[C@H]2O[C@@]3(CC2Br)[C@H](C(=O)N(CC=C)c2ccc4ccccc4c2)N([C@@H](CO)Cc2ccccc2)C(=O)[C@@H]13)c1ccccc1. The quantitative estimate of drug-likeness (QED) is 0.0749. The maximum Gasteiger partial charge on any atom is 0.313 e. The first-order valence-corrected chi connectivity index (χ1v) is 20.8. The standard InChI is InChI=1S/C47H50BrN3O7/c1-5-7-22-38(53)49(4)30(3)41(33-19-12-9-13-20-33)57-46(56)39-40-44(54)51(36(29-52)26-31-16-10-8-11-17-31)43(47(40)28-37(48)42(39)58-47)45(55)50(25-6-2)35-24-23-32-18-14-15-21-34(32)27-35/h5-6,8-21,23-24,27,30,36-37,39-43,52H,1-2,7,22,25-26,28-29H2,3-4H3/t30-,36+,37?,39-,40+,41+,42-,43-,47+/m0/s1. The van der Waals surface area contributed by atoms with Gasteiger partial charge in [-0.3, -0.25) is 19.2 Å². The second-order valence-electron chi connectivity index (χ2n) is 15.5. The van der Waals surface area contributed by atoms with E-state index in [4.69, 9.17) is 9.47 Å². The number of rotatable bonds is 16. The first-order valence-electron chi connectivity index (χ1n) is 19.9. The molecule has 3 aliphatic heterocycles. The van der Waals surface area contributed by atoms with Crippen LogP contribution in [-0.2, 0) is 35.1 Å². The molecule has 3 saturated heterocycles. The molecule has 10 nitrogen and oxygen atoms in total. The average molecular weight is 849 g/mol. The van der Waals surface area contributed by atoms with Gasteiger partial charge in [-0.25, -0.2) is 0 Å². The van der Waals surface area contributed by atoms with Crippen molar-refractivity contribution in [2.75, 3.05) is 25.1 Å². The molecule has 3 amide bonds. The van der Waals surface area contributed by atoms with Gasteiger partial charge < -0.3 is 29.3 Å². The summed E-state index contributed by atoms with van der Waals surface area (Å²) in [7, 11) is 1.69. The van der Waals surface area contributed by atoms with E-state index in [0.717, 1.165) is 16.3 Å². The van der Waals surface area contributed by atoms with Crippen LogP contribution in [0.2, 0.25) is 0 Å². The summed E-state index contributed by atoms with van der Waals surface area (Å²) in [6.45, 7) is 9.23. The smallest absolute Gasteiger partial charge is 0.313 e. The van der Waals surface area contributed by atoms with E-state index in [1.807, 2.05) is 110 Å².